The summed E-state index contributed by atoms with van der Waals surface area (Å²) in [6.45, 7) is 6.27. The Hall–Kier alpha value is -0.650. The summed E-state index contributed by atoms with van der Waals surface area (Å²) in [4.78, 5) is 0.0357. The minimum atomic E-state index is -3.63. The number of rotatable bonds is 5. The number of halogens is 2. The fourth-order valence-electron chi connectivity index (χ4n) is 1.63. The number of hydrogen-bond acceptors (Lipinski definition) is 2. The van der Waals surface area contributed by atoms with Crippen molar-refractivity contribution < 1.29 is 12.8 Å². The molecule has 1 N–H and O–H groups in total. The highest BCUT2D eigenvalue weighted by Gasteiger charge is 2.20. The van der Waals surface area contributed by atoms with Gasteiger partial charge in [-0.1, -0.05) is 20.8 Å². The SMILES string of the molecule is CC(C)(C)CC(Cl)CNS(=O)(=O)c1ccc(F)cc1. The van der Waals surface area contributed by atoms with E-state index in [1.54, 1.807) is 0 Å². The summed E-state index contributed by atoms with van der Waals surface area (Å²) in [7, 11) is -3.63. The van der Waals surface area contributed by atoms with E-state index in [1.807, 2.05) is 20.8 Å². The van der Waals surface area contributed by atoms with Crippen LogP contribution in [0.15, 0.2) is 29.2 Å². The summed E-state index contributed by atoms with van der Waals surface area (Å²) in [6, 6.07) is 4.68. The van der Waals surface area contributed by atoms with Crippen LogP contribution in [0.2, 0.25) is 0 Å². The molecule has 0 saturated heterocycles. The highest BCUT2D eigenvalue weighted by molar-refractivity contribution is 7.89. The minimum absolute atomic E-state index is 0.0355. The maximum absolute atomic E-state index is 12.7. The predicted octanol–water partition coefficient (Wildman–Crippen LogP) is 3.15. The number of nitrogens with one attached hydrogen (secondary N) is 1. The van der Waals surface area contributed by atoms with Crippen molar-refractivity contribution in [3.8, 4) is 0 Å². The van der Waals surface area contributed by atoms with Crippen LogP contribution >= 0.6 is 11.6 Å². The minimum Gasteiger partial charge on any atom is -0.210 e. The molecule has 0 bridgehead atoms. The summed E-state index contributed by atoms with van der Waals surface area (Å²) in [5, 5.41) is -0.282. The number of alkyl halides is 1. The Balaban J connectivity index is 2.63. The summed E-state index contributed by atoms with van der Waals surface area (Å²) >= 11 is 6.10. The first kappa shape index (κ1) is 16.4. The number of hydrogen-bond donors (Lipinski definition) is 1. The quantitative estimate of drug-likeness (QED) is 0.849. The van der Waals surface area contributed by atoms with Gasteiger partial charge in [0.05, 0.1) is 4.90 Å². The molecule has 1 atom stereocenters. The van der Waals surface area contributed by atoms with Crippen LogP contribution in [-0.2, 0) is 10.0 Å². The van der Waals surface area contributed by atoms with Gasteiger partial charge in [-0.3, -0.25) is 0 Å². The molecule has 0 aliphatic carbocycles. The second kappa shape index (κ2) is 6.20. The summed E-state index contributed by atoms with van der Waals surface area (Å²) in [5.74, 6) is -0.470. The van der Waals surface area contributed by atoms with Gasteiger partial charge in [0.15, 0.2) is 0 Å². The molecule has 1 aromatic carbocycles. The lowest BCUT2D eigenvalue weighted by molar-refractivity contribution is 0.369. The Bertz CT molecular complexity index is 508. The topological polar surface area (TPSA) is 46.2 Å². The van der Waals surface area contributed by atoms with Gasteiger partial charge in [0.1, 0.15) is 5.82 Å². The molecule has 19 heavy (non-hydrogen) atoms. The number of benzene rings is 1. The van der Waals surface area contributed by atoms with Gasteiger partial charge in [-0.25, -0.2) is 17.5 Å². The monoisotopic (exact) mass is 307 g/mol. The highest BCUT2D eigenvalue weighted by Crippen LogP contribution is 2.23. The summed E-state index contributed by atoms with van der Waals surface area (Å²) < 4.78 is 39.0. The molecule has 1 rings (SSSR count). The molecule has 3 nitrogen and oxygen atoms in total. The Morgan fingerprint density at radius 3 is 2.26 bits per heavy atom. The Labute approximate surface area is 119 Å². The highest BCUT2D eigenvalue weighted by atomic mass is 35.5. The predicted molar refractivity (Wildman–Crippen MR) is 75.3 cm³/mol. The molecule has 0 amide bonds. The van der Waals surface area contributed by atoms with E-state index >= 15 is 0 Å². The van der Waals surface area contributed by atoms with Crippen molar-refractivity contribution in [3.05, 3.63) is 30.1 Å². The zero-order valence-electron chi connectivity index (χ0n) is 11.3. The van der Waals surface area contributed by atoms with E-state index in [0.29, 0.717) is 6.42 Å². The second-order valence-electron chi connectivity index (χ2n) is 5.67. The fraction of sp³-hybridized carbons (Fsp3) is 0.538. The third-order valence-corrected chi connectivity index (χ3v) is 4.20. The third-order valence-electron chi connectivity index (χ3n) is 2.45. The van der Waals surface area contributed by atoms with Crippen LogP contribution in [0.4, 0.5) is 4.39 Å². The van der Waals surface area contributed by atoms with Crippen molar-refractivity contribution in [2.75, 3.05) is 6.54 Å². The van der Waals surface area contributed by atoms with Crippen molar-refractivity contribution in [2.45, 2.75) is 37.5 Å². The third kappa shape index (κ3) is 5.89. The van der Waals surface area contributed by atoms with Crippen LogP contribution < -0.4 is 4.72 Å². The molecule has 0 aliphatic rings. The van der Waals surface area contributed by atoms with Gasteiger partial charge < -0.3 is 0 Å². The van der Waals surface area contributed by atoms with Crippen LogP contribution in [0.3, 0.4) is 0 Å². The van der Waals surface area contributed by atoms with E-state index in [9.17, 15) is 12.8 Å². The zero-order chi connectivity index (χ0) is 14.7. The number of sulfonamides is 1. The summed E-state index contributed by atoms with van der Waals surface area (Å²) in [6.07, 6.45) is 0.695. The molecule has 6 heteroatoms. The molecule has 0 fully saturated rings. The lowest BCUT2D eigenvalue weighted by atomic mass is 9.90. The normalized spacial score (nSPS) is 14.4. The van der Waals surface area contributed by atoms with E-state index in [0.717, 1.165) is 12.1 Å². The van der Waals surface area contributed by atoms with Crippen LogP contribution in [-0.4, -0.2) is 20.3 Å². The zero-order valence-corrected chi connectivity index (χ0v) is 12.9. The Morgan fingerprint density at radius 1 is 1.26 bits per heavy atom. The van der Waals surface area contributed by atoms with Gasteiger partial charge in [0, 0.05) is 11.9 Å². The van der Waals surface area contributed by atoms with E-state index in [4.69, 9.17) is 11.6 Å². The smallest absolute Gasteiger partial charge is 0.210 e. The van der Waals surface area contributed by atoms with Gasteiger partial charge >= 0.3 is 0 Å². The lowest BCUT2D eigenvalue weighted by Crippen LogP contribution is -2.31. The van der Waals surface area contributed by atoms with E-state index in [-0.39, 0.29) is 22.2 Å². The van der Waals surface area contributed by atoms with E-state index < -0.39 is 15.8 Å². The van der Waals surface area contributed by atoms with Gasteiger partial charge in [0.25, 0.3) is 0 Å². The molecule has 0 aromatic heterocycles. The average molecular weight is 308 g/mol. The van der Waals surface area contributed by atoms with Crippen LogP contribution in [0, 0.1) is 11.2 Å². The van der Waals surface area contributed by atoms with Crippen molar-refractivity contribution in [1.82, 2.24) is 4.72 Å². The Morgan fingerprint density at radius 2 is 1.79 bits per heavy atom. The molecule has 0 aliphatic heterocycles. The molecule has 1 aromatic rings. The first-order valence-corrected chi connectivity index (χ1v) is 7.91. The largest absolute Gasteiger partial charge is 0.240 e. The van der Waals surface area contributed by atoms with Crippen molar-refractivity contribution in [3.63, 3.8) is 0 Å². The molecule has 108 valence electrons. The second-order valence-corrected chi connectivity index (χ2v) is 8.05. The standard InChI is InChI=1S/C13H19ClFNO2S/c1-13(2,3)8-10(14)9-16-19(17,18)12-6-4-11(15)5-7-12/h4-7,10,16H,8-9H2,1-3H3. The van der Waals surface area contributed by atoms with Gasteiger partial charge in [-0.05, 0) is 36.1 Å². The van der Waals surface area contributed by atoms with Crippen molar-refractivity contribution in [1.29, 1.82) is 0 Å². The maximum Gasteiger partial charge on any atom is 0.240 e. The summed E-state index contributed by atoms with van der Waals surface area (Å²) in [5.41, 5.74) is 0.0355. The van der Waals surface area contributed by atoms with Crippen molar-refractivity contribution >= 4 is 21.6 Å². The van der Waals surface area contributed by atoms with Crippen LogP contribution in [0.25, 0.3) is 0 Å². The maximum atomic E-state index is 12.7. The van der Waals surface area contributed by atoms with Crippen LogP contribution in [0.5, 0.6) is 0 Å². The molecular formula is C13H19ClFNO2S. The molecule has 0 spiro atoms. The van der Waals surface area contributed by atoms with E-state index in [1.165, 1.54) is 12.1 Å². The molecule has 0 heterocycles. The average Bonchev–Trinajstić information content (AvgIpc) is 2.25. The molecule has 0 radical (unpaired) electrons. The van der Waals surface area contributed by atoms with Gasteiger partial charge in [-0.2, -0.15) is 0 Å². The molecule has 1 unspecified atom stereocenters. The lowest BCUT2D eigenvalue weighted by Gasteiger charge is -2.21. The molecule has 0 saturated carbocycles. The van der Waals surface area contributed by atoms with Gasteiger partial charge in [-0.15, -0.1) is 11.6 Å². The Kier molecular flexibility index (Phi) is 5.35. The van der Waals surface area contributed by atoms with Crippen molar-refractivity contribution in [2.24, 2.45) is 5.41 Å². The first-order valence-electron chi connectivity index (χ1n) is 5.99. The van der Waals surface area contributed by atoms with Gasteiger partial charge in [0.2, 0.25) is 10.0 Å². The van der Waals surface area contributed by atoms with E-state index in [2.05, 4.69) is 4.72 Å². The molecular weight excluding hydrogens is 289 g/mol. The first-order chi connectivity index (χ1) is 8.60. The van der Waals surface area contributed by atoms with Crippen LogP contribution in [0.1, 0.15) is 27.2 Å². The fourth-order valence-corrected chi connectivity index (χ4v) is 3.35.